The lowest BCUT2D eigenvalue weighted by Crippen LogP contribution is -2.08. The van der Waals surface area contributed by atoms with Crippen LogP contribution in [0.4, 0.5) is 18.9 Å². The predicted molar refractivity (Wildman–Crippen MR) is 157 cm³/mol. The van der Waals surface area contributed by atoms with Crippen molar-refractivity contribution in [2.75, 3.05) is 6.61 Å². The van der Waals surface area contributed by atoms with Crippen molar-refractivity contribution in [1.82, 2.24) is 19.6 Å². The largest absolute Gasteiger partial charge is 0.486 e. The number of nitriles is 1. The fourth-order valence-electron chi connectivity index (χ4n) is 5.09. The zero-order valence-corrected chi connectivity index (χ0v) is 23.3. The maximum atomic E-state index is 16.1. The number of halogens is 3. The summed E-state index contributed by atoms with van der Waals surface area (Å²) in [7, 11) is 0. The van der Waals surface area contributed by atoms with Gasteiger partial charge in [0.25, 0.3) is 0 Å². The number of rotatable bonds is 6. The Bertz CT molecular complexity index is 2110. The normalized spacial score (nSPS) is 11.0. The van der Waals surface area contributed by atoms with Gasteiger partial charge >= 0.3 is 11.8 Å². The van der Waals surface area contributed by atoms with Crippen molar-refractivity contribution in [1.29, 1.82) is 5.26 Å². The average molecular weight is 578 g/mol. The smallest absolute Gasteiger partial charge is 0.417 e. The molecule has 0 amide bonds. The minimum atomic E-state index is -0.930. The van der Waals surface area contributed by atoms with Crippen LogP contribution in [0.3, 0.4) is 0 Å². The minimum absolute atomic E-state index is 0.0808. The molecular formula is C33H24F3N6O+. The third kappa shape index (κ3) is 5.15. The Morgan fingerprint density at radius 1 is 0.884 bits per heavy atom. The molecule has 0 aliphatic rings. The minimum Gasteiger partial charge on any atom is -0.486 e. The molecule has 0 unspecified atom stereocenters. The van der Waals surface area contributed by atoms with Gasteiger partial charge in [0.1, 0.15) is 17.7 Å². The van der Waals surface area contributed by atoms with E-state index in [-0.39, 0.29) is 41.7 Å². The Hall–Kier alpha value is -5.61. The maximum Gasteiger partial charge on any atom is 0.417 e. The first-order valence-corrected chi connectivity index (χ1v) is 13.5. The van der Waals surface area contributed by atoms with Gasteiger partial charge in [-0.2, -0.15) is 19.8 Å². The number of hydrogen-bond acceptors (Lipinski definition) is 4. The van der Waals surface area contributed by atoms with Gasteiger partial charge in [-0.25, -0.2) is 8.78 Å². The molecule has 0 aliphatic heterocycles. The number of benzene rings is 4. The highest BCUT2D eigenvalue weighted by Crippen LogP contribution is 2.36. The molecule has 2 aromatic heterocycles. The summed E-state index contributed by atoms with van der Waals surface area (Å²) in [5.74, 6) is -2.17. The van der Waals surface area contributed by atoms with Crippen molar-refractivity contribution in [2.24, 2.45) is 0 Å². The van der Waals surface area contributed by atoms with Crippen LogP contribution in [0.1, 0.15) is 35.0 Å². The van der Waals surface area contributed by atoms with Crippen LogP contribution in [-0.4, -0.2) is 26.2 Å². The first-order valence-electron chi connectivity index (χ1n) is 13.5. The molecule has 6 aromatic rings. The summed E-state index contributed by atoms with van der Waals surface area (Å²) in [5.41, 5.74) is 3.04. The average Bonchev–Trinajstić information content (AvgIpc) is 3.55. The van der Waals surface area contributed by atoms with E-state index < -0.39 is 11.6 Å². The lowest BCUT2D eigenvalue weighted by molar-refractivity contribution is 0.337. The van der Waals surface area contributed by atoms with Gasteiger partial charge in [0.2, 0.25) is 17.3 Å². The van der Waals surface area contributed by atoms with Crippen LogP contribution in [0.2, 0.25) is 0 Å². The van der Waals surface area contributed by atoms with E-state index in [9.17, 15) is 9.65 Å². The molecule has 2 heterocycles. The van der Waals surface area contributed by atoms with Crippen molar-refractivity contribution in [3.05, 3.63) is 123 Å². The SMILES string of the molecule is CCOc1cc(F)c(Cn2nc(C#N)c3c(C)cccc32)c(F)c1[N+]#Cc1nn(Cc2ccc(F)cc2)c2ccccc12. The maximum absolute atomic E-state index is 16.1. The van der Waals surface area contributed by atoms with Crippen molar-refractivity contribution in [3.8, 4) is 17.9 Å². The molecule has 0 atom stereocenters. The number of hydrogen-bond donors (Lipinski definition) is 0. The second-order valence-corrected chi connectivity index (χ2v) is 9.89. The summed E-state index contributed by atoms with van der Waals surface area (Å²) in [5, 5.41) is 19.9. The van der Waals surface area contributed by atoms with Gasteiger partial charge in [-0.05, 0) is 60.2 Å². The summed E-state index contributed by atoms with van der Waals surface area (Å²) < 4.78 is 53.5. The Morgan fingerprint density at radius 3 is 2.37 bits per heavy atom. The number of para-hydroxylation sites is 1. The monoisotopic (exact) mass is 577 g/mol. The van der Waals surface area contributed by atoms with Crippen molar-refractivity contribution < 1.29 is 17.9 Å². The van der Waals surface area contributed by atoms with E-state index in [1.54, 1.807) is 35.9 Å². The molecule has 43 heavy (non-hydrogen) atoms. The molecule has 0 radical (unpaired) electrons. The van der Waals surface area contributed by atoms with E-state index in [1.807, 2.05) is 37.3 Å². The first-order chi connectivity index (χ1) is 20.9. The van der Waals surface area contributed by atoms with Crippen LogP contribution in [-0.2, 0) is 13.1 Å². The Kier molecular flexibility index (Phi) is 7.27. The van der Waals surface area contributed by atoms with E-state index >= 15 is 8.78 Å². The van der Waals surface area contributed by atoms with Crippen LogP contribution >= 0.6 is 0 Å². The molecular weight excluding hydrogens is 553 g/mol. The van der Waals surface area contributed by atoms with E-state index in [0.717, 1.165) is 28.1 Å². The molecule has 0 saturated carbocycles. The molecule has 212 valence electrons. The summed E-state index contributed by atoms with van der Waals surface area (Å²) in [6.07, 6.45) is 0. The number of fused-ring (bicyclic) bond motifs is 2. The first kappa shape index (κ1) is 27.6. The molecule has 10 heteroatoms. The Labute approximate surface area is 244 Å². The van der Waals surface area contributed by atoms with Gasteiger partial charge in [0.05, 0.1) is 36.3 Å². The molecule has 6 rings (SSSR count). The fourth-order valence-corrected chi connectivity index (χ4v) is 5.09. The molecule has 0 spiro atoms. The summed E-state index contributed by atoms with van der Waals surface area (Å²) in [6, 6.07) is 24.9. The van der Waals surface area contributed by atoms with Crippen molar-refractivity contribution >= 4 is 27.5 Å². The van der Waals surface area contributed by atoms with Gasteiger partial charge in [-0.1, -0.05) is 36.4 Å². The van der Waals surface area contributed by atoms with Crippen LogP contribution < -0.4 is 4.74 Å². The molecule has 0 bridgehead atoms. The zero-order chi connectivity index (χ0) is 30.1. The summed E-state index contributed by atoms with van der Waals surface area (Å²) >= 11 is 0. The molecule has 0 fully saturated rings. The van der Waals surface area contributed by atoms with E-state index in [4.69, 9.17) is 4.74 Å². The topological polar surface area (TPSA) is 73.0 Å². The second-order valence-electron chi connectivity index (χ2n) is 9.89. The molecule has 4 aromatic carbocycles. The van der Waals surface area contributed by atoms with E-state index in [1.165, 1.54) is 16.8 Å². The standard InChI is InChI=1S/C33H24F3N6O/c1-3-43-30-15-25(35)24(19-42-29-10-6-7-20(2)31(29)26(16-37)39-42)32(36)33(30)38-17-27-23-8-4-5-9-28(23)41(40-27)18-21-11-13-22(34)14-12-21/h4-15H,3,18-19H2,1-2H3/q+1. The number of aromatic nitrogens is 4. The third-order valence-corrected chi connectivity index (χ3v) is 7.13. The highest BCUT2D eigenvalue weighted by molar-refractivity contribution is 5.87. The number of nitrogens with zero attached hydrogens (tertiary/aromatic N) is 6. The van der Waals surface area contributed by atoms with Gasteiger partial charge in [0.15, 0.2) is 5.69 Å². The molecule has 0 aliphatic carbocycles. The van der Waals surface area contributed by atoms with Crippen LogP contribution in [0.25, 0.3) is 26.7 Å². The quantitative estimate of drug-likeness (QED) is 0.206. The van der Waals surface area contributed by atoms with Crippen LogP contribution in [0.5, 0.6) is 5.75 Å². The summed E-state index contributed by atoms with van der Waals surface area (Å²) in [4.78, 5) is 4.29. The van der Waals surface area contributed by atoms with E-state index in [0.29, 0.717) is 23.1 Å². The Morgan fingerprint density at radius 2 is 1.60 bits per heavy atom. The zero-order valence-electron chi connectivity index (χ0n) is 23.3. The highest BCUT2D eigenvalue weighted by atomic mass is 19.1. The van der Waals surface area contributed by atoms with Crippen LogP contribution in [0.15, 0.2) is 72.8 Å². The molecule has 7 nitrogen and oxygen atoms in total. The van der Waals surface area contributed by atoms with Gasteiger partial charge < -0.3 is 4.74 Å². The molecule has 0 N–H and O–H groups in total. The van der Waals surface area contributed by atoms with Gasteiger partial charge in [0, 0.05) is 16.8 Å². The second kappa shape index (κ2) is 11.3. The lowest BCUT2D eigenvalue weighted by Gasteiger charge is -2.08. The third-order valence-electron chi connectivity index (χ3n) is 7.13. The highest BCUT2D eigenvalue weighted by Gasteiger charge is 2.29. The van der Waals surface area contributed by atoms with Crippen molar-refractivity contribution in [2.45, 2.75) is 26.9 Å². The van der Waals surface area contributed by atoms with Gasteiger partial charge in [-0.15, -0.1) is 0 Å². The predicted octanol–water partition coefficient (Wildman–Crippen LogP) is 7.49. The van der Waals surface area contributed by atoms with Gasteiger partial charge in [-0.3, -0.25) is 9.36 Å². The summed E-state index contributed by atoms with van der Waals surface area (Å²) in [6.45, 7) is 3.80. The number of ether oxygens (including phenoxy) is 1. The fraction of sp³-hybridized carbons (Fsp3) is 0.152. The number of aryl methyl sites for hydroxylation is 1. The van der Waals surface area contributed by atoms with Crippen LogP contribution in [0, 0.1) is 41.8 Å². The van der Waals surface area contributed by atoms with Crippen molar-refractivity contribution in [3.63, 3.8) is 0 Å². The lowest BCUT2D eigenvalue weighted by atomic mass is 10.1. The van der Waals surface area contributed by atoms with E-state index in [2.05, 4.69) is 27.2 Å². The Balaban J connectivity index is 1.43. The molecule has 0 saturated heterocycles.